The maximum atomic E-state index is 13.5. The van der Waals surface area contributed by atoms with E-state index in [-0.39, 0.29) is 6.54 Å². The lowest BCUT2D eigenvalue weighted by molar-refractivity contribution is 0.0948. The number of rotatable bonds is 4. The number of nitrogens with one attached hydrogen (secondary N) is 1. The number of carbonyl (C=O) groups excluding carboxylic acids is 1. The molecule has 3 rings (SSSR count). The molecular weight excluding hydrogens is 307 g/mol. The molecule has 0 unspecified atom stereocenters. The van der Waals surface area contributed by atoms with Gasteiger partial charge < -0.3 is 9.73 Å². The Morgan fingerprint density at radius 3 is 2.61 bits per heavy atom. The van der Waals surface area contributed by atoms with Gasteiger partial charge in [0.15, 0.2) is 17.5 Å². The van der Waals surface area contributed by atoms with E-state index in [0.29, 0.717) is 18.2 Å². The third-order valence-electron chi connectivity index (χ3n) is 3.41. The van der Waals surface area contributed by atoms with Gasteiger partial charge in [0.05, 0.1) is 5.56 Å². The van der Waals surface area contributed by atoms with Crippen LogP contribution in [0.25, 0.3) is 11.0 Å². The number of para-hydroxylation sites is 1. The molecule has 0 aliphatic rings. The predicted molar refractivity (Wildman–Crippen MR) is 78.6 cm³/mol. The first-order chi connectivity index (χ1) is 11.1. The Labute approximate surface area is 129 Å². The standard InChI is InChI=1S/C17H12F3NO2/c18-13-6-5-12(15(19)16(13)20)17(22)21-8-7-11-9-10-3-1-2-4-14(10)23-11/h1-6,9H,7-8H2,(H,21,22). The third-order valence-corrected chi connectivity index (χ3v) is 3.41. The molecule has 0 aliphatic carbocycles. The molecule has 2 aromatic carbocycles. The van der Waals surface area contributed by atoms with Crippen molar-refractivity contribution in [2.75, 3.05) is 6.54 Å². The molecule has 3 aromatic rings. The monoisotopic (exact) mass is 319 g/mol. The zero-order valence-electron chi connectivity index (χ0n) is 11.9. The van der Waals surface area contributed by atoms with Gasteiger partial charge in [0.2, 0.25) is 0 Å². The van der Waals surface area contributed by atoms with Gasteiger partial charge in [0.25, 0.3) is 5.91 Å². The Morgan fingerprint density at radius 2 is 1.83 bits per heavy atom. The highest BCUT2D eigenvalue weighted by atomic mass is 19.2. The minimum atomic E-state index is -1.66. The first-order valence-corrected chi connectivity index (χ1v) is 6.95. The summed E-state index contributed by atoms with van der Waals surface area (Å²) in [5, 5.41) is 3.40. The van der Waals surface area contributed by atoms with Crippen molar-refractivity contribution < 1.29 is 22.4 Å². The third kappa shape index (κ3) is 3.06. The Balaban J connectivity index is 1.64. The van der Waals surface area contributed by atoms with E-state index in [9.17, 15) is 18.0 Å². The molecule has 0 saturated heterocycles. The fraction of sp³-hybridized carbons (Fsp3) is 0.118. The van der Waals surface area contributed by atoms with Crippen molar-refractivity contribution in [2.24, 2.45) is 0 Å². The van der Waals surface area contributed by atoms with E-state index in [0.717, 1.165) is 17.0 Å². The van der Waals surface area contributed by atoms with Gasteiger partial charge in [-0.3, -0.25) is 4.79 Å². The molecule has 0 radical (unpaired) electrons. The lowest BCUT2D eigenvalue weighted by Crippen LogP contribution is -2.27. The lowest BCUT2D eigenvalue weighted by atomic mass is 10.2. The maximum absolute atomic E-state index is 13.5. The smallest absolute Gasteiger partial charge is 0.254 e. The van der Waals surface area contributed by atoms with Crippen LogP contribution >= 0.6 is 0 Å². The topological polar surface area (TPSA) is 42.2 Å². The zero-order chi connectivity index (χ0) is 16.4. The number of furan rings is 1. The summed E-state index contributed by atoms with van der Waals surface area (Å²) in [4.78, 5) is 11.8. The zero-order valence-corrected chi connectivity index (χ0v) is 11.9. The van der Waals surface area contributed by atoms with Gasteiger partial charge in [0.1, 0.15) is 11.3 Å². The predicted octanol–water partition coefficient (Wildman–Crippen LogP) is 3.82. The molecule has 0 spiro atoms. The van der Waals surface area contributed by atoms with E-state index in [1.165, 1.54) is 0 Å². The molecule has 0 bridgehead atoms. The van der Waals surface area contributed by atoms with Gasteiger partial charge in [-0.1, -0.05) is 18.2 Å². The number of hydrogen-bond donors (Lipinski definition) is 1. The molecule has 1 heterocycles. The van der Waals surface area contributed by atoms with Gasteiger partial charge >= 0.3 is 0 Å². The lowest BCUT2D eigenvalue weighted by Gasteiger charge is -2.06. The number of amides is 1. The first kappa shape index (κ1) is 15.1. The molecule has 6 heteroatoms. The van der Waals surface area contributed by atoms with Crippen LogP contribution in [0.4, 0.5) is 13.2 Å². The number of hydrogen-bond acceptors (Lipinski definition) is 2. The van der Waals surface area contributed by atoms with Crippen LogP contribution in [0.1, 0.15) is 16.1 Å². The Morgan fingerprint density at radius 1 is 1.04 bits per heavy atom. The highest BCUT2D eigenvalue weighted by Crippen LogP contribution is 2.19. The van der Waals surface area contributed by atoms with Crippen molar-refractivity contribution in [1.82, 2.24) is 5.32 Å². The minimum absolute atomic E-state index is 0.178. The quantitative estimate of drug-likeness (QED) is 0.743. The molecule has 118 valence electrons. The summed E-state index contributed by atoms with van der Waals surface area (Å²) in [6.45, 7) is 0.178. The van der Waals surface area contributed by atoms with Crippen LogP contribution < -0.4 is 5.32 Å². The Kier molecular flexibility index (Phi) is 4.06. The van der Waals surface area contributed by atoms with Gasteiger partial charge in [0, 0.05) is 18.4 Å². The molecular formula is C17H12F3NO2. The van der Waals surface area contributed by atoms with Crippen molar-refractivity contribution in [2.45, 2.75) is 6.42 Å². The molecule has 0 fully saturated rings. The normalized spacial score (nSPS) is 10.9. The summed E-state index contributed by atoms with van der Waals surface area (Å²) >= 11 is 0. The molecule has 0 saturated carbocycles. The van der Waals surface area contributed by atoms with Gasteiger partial charge in [-0.2, -0.15) is 0 Å². The van der Waals surface area contributed by atoms with Crippen molar-refractivity contribution >= 4 is 16.9 Å². The van der Waals surface area contributed by atoms with Crippen molar-refractivity contribution in [3.8, 4) is 0 Å². The van der Waals surface area contributed by atoms with Crippen LogP contribution in [0, 0.1) is 17.5 Å². The second-order valence-electron chi connectivity index (χ2n) is 4.98. The van der Waals surface area contributed by atoms with Gasteiger partial charge in [-0.25, -0.2) is 13.2 Å². The van der Waals surface area contributed by atoms with Crippen molar-refractivity contribution in [1.29, 1.82) is 0 Å². The molecule has 1 aromatic heterocycles. The van der Waals surface area contributed by atoms with Crippen LogP contribution in [-0.2, 0) is 6.42 Å². The van der Waals surface area contributed by atoms with Crippen molar-refractivity contribution in [3.63, 3.8) is 0 Å². The van der Waals surface area contributed by atoms with E-state index in [1.54, 1.807) is 0 Å². The van der Waals surface area contributed by atoms with Crippen LogP contribution in [0.3, 0.4) is 0 Å². The number of carbonyl (C=O) groups is 1. The SMILES string of the molecule is O=C(NCCc1cc2ccccc2o1)c1ccc(F)c(F)c1F. The number of halogens is 3. The second-order valence-corrected chi connectivity index (χ2v) is 4.98. The average molecular weight is 319 g/mol. The first-order valence-electron chi connectivity index (χ1n) is 6.95. The highest BCUT2D eigenvalue weighted by molar-refractivity contribution is 5.94. The van der Waals surface area contributed by atoms with E-state index in [4.69, 9.17) is 4.42 Å². The van der Waals surface area contributed by atoms with E-state index in [1.807, 2.05) is 30.3 Å². The Bertz CT molecular complexity index is 840. The largest absolute Gasteiger partial charge is 0.461 e. The summed E-state index contributed by atoms with van der Waals surface area (Å²) in [6.07, 6.45) is 0.395. The molecule has 23 heavy (non-hydrogen) atoms. The summed E-state index contributed by atoms with van der Waals surface area (Å²) in [6, 6.07) is 10.9. The Hall–Kier alpha value is -2.76. The number of benzene rings is 2. The molecule has 3 nitrogen and oxygen atoms in total. The van der Waals surface area contributed by atoms with E-state index < -0.39 is 28.9 Å². The molecule has 0 aliphatic heterocycles. The van der Waals surface area contributed by atoms with Crippen LogP contribution in [0.15, 0.2) is 46.9 Å². The fourth-order valence-electron chi connectivity index (χ4n) is 2.26. The summed E-state index contributed by atoms with van der Waals surface area (Å²) in [5.74, 6) is -4.63. The summed E-state index contributed by atoms with van der Waals surface area (Å²) < 4.78 is 45.0. The fourth-order valence-corrected chi connectivity index (χ4v) is 2.26. The van der Waals surface area contributed by atoms with Gasteiger partial charge in [-0.05, 0) is 24.3 Å². The van der Waals surface area contributed by atoms with Crippen molar-refractivity contribution in [3.05, 3.63) is 71.2 Å². The van der Waals surface area contributed by atoms with Gasteiger partial charge in [-0.15, -0.1) is 0 Å². The highest BCUT2D eigenvalue weighted by Gasteiger charge is 2.18. The molecule has 1 N–H and O–H groups in total. The minimum Gasteiger partial charge on any atom is -0.461 e. The van der Waals surface area contributed by atoms with Crippen LogP contribution in [-0.4, -0.2) is 12.5 Å². The summed E-state index contributed by atoms with van der Waals surface area (Å²) in [5.41, 5.74) is 0.203. The second kappa shape index (κ2) is 6.16. The van der Waals surface area contributed by atoms with Crippen LogP contribution in [0.5, 0.6) is 0 Å². The molecule has 0 atom stereocenters. The van der Waals surface area contributed by atoms with Crippen LogP contribution in [0.2, 0.25) is 0 Å². The summed E-state index contributed by atoms with van der Waals surface area (Å²) in [7, 11) is 0. The molecule has 1 amide bonds. The average Bonchev–Trinajstić information content (AvgIpc) is 2.95. The maximum Gasteiger partial charge on any atom is 0.254 e. The number of fused-ring (bicyclic) bond motifs is 1. The van der Waals surface area contributed by atoms with E-state index >= 15 is 0 Å². The van der Waals surface area contributed by atoms with E-state index in [2.05, 4.69) is 5.32 Å².